The van der Waals surface area contributed by atoms with Gasteiger partial charge in [0, 0.05) is 42.0 Å². The number of nitrogens with zero attached hydrogens (tertiary/aromatic N) is 1. The SMILES string of the molecule is c1ccc2c(c#1)c1ccccc1c1ccc(-c3cccc(-n4c5ccccc5c5ccc(-c6ccc7sc8ccccc8c7c6)cc54)c3)cc21. The van der Waals surface area contributed by atoms with Crippen LogP contribution in [-0.4, -0.2) is 4.57 Å². The lowest BCUT2D eigenvalue weighted by Crippen LogP contribution is -1.94. The highest BCUT2D eigenvalue weighted by molar-refractivity contribution is 7.25. The fraction of sp³-hybridized carbons (Fsp3) is 0. The molecule has 0 saturated heterocycles. The second-order valence-electron chi connectivity index (χ2n) is 13.1. The van der Waals surface area contributed by atoms with Crippen molar-refractivity contribution in [1.82, 2.24) is 4.57 Å². The molecule has 0 amide bonds. The lowest BCUT2D eigenvalue weighted by Gasteiger charge is -2.13. The molecule has 0 unspecified atom stereocenters. The first-order valence-electron chi connectivity index (χ1n) is 17.0. The minimum atomic E-state index is 1.12. The second-order valence-corrected chi connectivity index (χ2v) is 14.2. The van der Waals surface area contributed by atoms with E-state index in [1.54, 1.807) is 0 Å². The van der Waals surface area contributed by atoms with Crippen molar-refractivity contribution in [2.24, 2.45) is 0 Å². The second kappa shape index (κ2) is 10.5. The van der Waals surface area contributed by atoms with E-state index >= 15 is 0 Å². The minimum absolute atomic E-state index is 1.12. The molecule has 2 heterocycles. The smallest absolute Gasteiger partial charge is 0.0547 e. The van der Waals surface area contributed by atoms with E-state index < -0.39 is 0 Å². The Morgan fingerprint density at radius 1 is 0.380 bits per heavy atom. The normalized spacial score (nSPS) is 11.8. The molecule has 0 saturated carbocycles. The Morgan fingerprint density at radius 3 is 1.90 bits per heavy atom. The Kier molecular flexibility index (Phi) is 5.81. The molecule has 0 spiro atoms. The summed E-state index contributed by atoms with van der Waals surface area (Å²) in [6.07, 6.45) is 0. The first-order chi connectivity index (χ1) is 24.8. The molecule has 0 bridgehead atoms. The summed E-state index contributed by atoms with van der Waals surface area (Å²) >= 11 is 1.86. The minimum Gasteiger partial charge on any atom is -0.309 e. The van der Waals surface area contributed by atoms with E-state index in [4.69, 9.17) is 0 Å². The molecule has 0 N–H and O–H groups in total. The molecule has 2 aromatic heterocycles. The molecular weight excluding hydrogens is 623 g/mol. The third-order valence-corrected chi connectivity index (χ3v) is 11.6. The Morgan fingerprint density at radius 2 is 1.00 bits per heavy atom. The third kappa shape index (κ3) is 4.02. The van der Waals surface area contributed by atoms with Crippen molar-refractivity contribution in [1.29, 1.82) is 0 Å². The highest BCUT2D eigenvalue weighted by atomic mass is 32.1. The average molecular weight is 650 g/mol. The van der Waals surface area contributed by atoms with Crippen molar-refractivity contribution >= 4 is 85.6 Å². The molecule has 2 heteroatoms. The predicted molar refractivity (Wildman–Crippen MR) is 215 cm³/mol. The molecule has 0 radical (unpaired) electrons. The van der Waals surface area contributed by atoms with Crippen LogP contribution in [0.1, 0.15) is 0 Å². The zero-order chi connectivity index (χ0) is 32.8. The van der Waals surface area contributed by atoms with Crippen LogP contribution in [0.4, 0.5) is 0 Å². The van der Waals surface area contributed by atoms with Gasteiger partial charge in [-0.2, -0.15) is 0 Å². The van der Waals surface area contributed by atoms with Crippen LogP contribution in [0.15, 0.2) is 164 Å². The number of aromatic nitrogens is 1. The molecular formula is C48H27NS. The zero-order valence-electron chi connectivity index (χ0n) is 26.9. The predicted octanol–water partition coefficient (Wildman–Crippen LogP) is 13.5. The lowest BCUT2D eigenvalue weighted by atomic mass is 9.92. The summed E-state index contributed by atoms with van der Waals surface area (Å²) in [7, 11) is 0. The summed E-state index contributed by atoms with van der Waals surface area (Å²) in [5, 5.41) is 12.5. The number of hydrogen-bond acceptors (Lipinski definition) is 1. The van der Waals surface area contributed by atoms with Gasteiger partial charge in [-0.05, 0) is 110 Å². The summed E-state index contributed by atoms with van der Waals surface area (Å²) in [4.78, 5) is 0. The molecule has 1 nitrogen and oxygen atoms in total. The Balaban J connectivity index is 1.10. The Bertz CT molecular complexity index is 3120. The molecule has 0 atom stereocenters. The topological polar surface area (TPSA) is 4.93 Å². The number of rotatable bonds is 3. The zero-order valence-corrected chi connectivity index (χ0v) is 27.8. The van der Waals surface area contributed by atoms with Crippen molar-refractivity contribution in [2.75, 3.05) is 0 Å². The van der Waals surface area contributed by atoms with E-state index in [1.165, 1.54) is 91.2 Å². The van der Waals surface area contributed by atoms with Crippen molar-refractivity contribution in [3.8, 4) is 27.9 Å². The fourth-order valence-corrected chi connectivity index (χ4v) is 9.19. The van der Waals surface area contributed by atoms with Gasteiger partial charge in [0.25, 0.3) is 0 Å². The van der Waals surface area contributed by atoms with Crippen molar-refractivity contribution < 1.29 is 0 Å². The largest absolute Gasteiger partial charge is 0.309 e. The van der Waals surface area contributed by atoms with E-state index in [-0.39, 0.29) is 0 Å². The Labute approximate surface area is 292 Å². The summed E-state index contributed by atoms with van der Waals surface area (Å²) in [5.41, 5.74) is 8.40. The molecule has 50 heavy (non-hydrogen) atoms. The molecule has 9 aromatic carbocycles. The number of thiophene rings is 1. The maximum atomic E-state index is 3.41. The highest BCUT2D eigenvalue weighted by Crippen LogP contribution is 2.40. The van der Waals surface area contributed by atoms with Gasteiger partial charge in [-0.3, -0.25) is 0 Å². The molecule has 0 aliphatic rings. The summed E-state index contributed by atoms with van der Waals surface area (Å²) < 4.78 is 5.10. The van der Waals surface area contributed by atoms with Crippen LogP contribution in [0.25, 0.3) is 102 Å². The van der Waals surface area contributed by atoms with Crippen molar-refractivity contribution in [3.63, 3.8) is 0 Å². The maximum Gasteiger partial charge on any atom is 0.0547 e. The van der Waals surface area contributed by atoms with Gasteiger partial charge in [0.05, 0.1) is 11.0 Å². The van der Waals surface area contributed by atoms with Crippen LogP contribution in [0, 0.1) is 12.1 Å². The van der Waals surface area contributed by atoms with Gasteiger partial charge < -0.3 is 4.57 Å². The third-order valence-electron chi connectivity index (χ3n) is 10.4. The van der Waals surface area contributed by atoms with Crippen molar-refractivity contribution in [2.45, 2.75) is 0 Å². The molecule has 11 rings (SSSR count). The molecule has 0 aliphatic heterocycles. The number of para-hydroxylation sites is 1. The van der Waals surface area contributed by atoms with Crippen LogP contribution in [-0.2, 0) is 0 Å². The summed E-state index contributed by atoms with van der Waals surface area (Å²) in [6.45, 7) is 0. The van der Waals surface area contributed by atoms with Gasteiger partial charge in [0.15, 0.2) is 0 Å². The summed E-state index contributed by atoms with van der Waals surface area (Å²) in [6, 6.07) is 66.7. The van der Waals surface area contributed by atoms with E-state index in [1.807, 2.05) is 17.4 Å². The average Bonchev–Trinajstić information content (AvgIpc) is 3.73. The number of fused-ring (bicyclic) bond motifs is 12. The first-order valence-corrected chi connectivity index (χ1v) is 17.8. The molecule has 11 aromatic rings. The number of benzene rings is 8. The van der Waals surface area contributed by atoms with E-state index in [0.29, 0.717) is 0 Å². The fourth-order valence-electron chi connectivity index (χ4n) is 8.10. The van der Waals surface area contributed by atoms with Gasteiger partial charge in [-0.25, -0.2) is 0 Å². The van der Waals surface area contributed by atoms with Gasteiger partial charge in [0.1, 0.15) is 0 Å². The molecule has 0 fully saturated rings. The van der Waals surface area contributed by atoms with Gasteiger partial charge in [-0.1, -0.05) is 115 Å². The molecule has 0 aliphatic carbocycles. The first kappa shape index (κ1) is 27.5. The maximum absolute atomic E-state index is 3.41. The van der Waals surface area contributed by atoms with E-state index in [9.17, 15) is 0 Å². The van der Waals surface area contributed by atoms with Gasteiger partial charge in [0.2, 0.25) is 0 Å². The van der Waals surface area contributed by atoms with Crippen LogP contribution in [0.3, 0.4) is 0 Å². The van der Waals surface area contributed by atoms with Crippen molar-refractivity contribution in [3.05, 3.63) is 176 Å². The van der Waals surface area contributed by atoms with Crippen LogP contribution in [0.2, 0.25) is 0 Å². The van der Waals surface area contributed by atoms with Crippen LogP contribution >= 0.6 is 11.3 Å². The van der Waals surface area contributed by atoms with Gasteiger partial charge >= 0.3 is 0 Å². The van der Waals surface area contributed by atoms with Gasteiger partial charge in [-0.15, -0.1) is 11.3 Å². The lowest BCUT2D eigenvalue weighted by molar-refractivity contribution is 1.18. The van der Waals surface area contributed by atoms with E-state index in [2.05, 4.69) is 174 Å². The number of hydrogen-bond donors (Lipinski definition) is 0. The highest BCUT2D eigenvalue weighted by Gasteiger charge is 2.16. The summed E-state index contributed by atoms with van der Waals surface area (Å²) in [5.74, 6) is 0. The molecule has 230 valence electrons. The quantitative estimate of drug-likeness (QED) is 0.168. The van der Waals surface area contributed by atoms with Crippen LogP contribution in [0.5, 0.6) is 0 Å². The Hall–Kier alpha value is -6.40. The van der Waals surface area contributed by atoms with E-state index in [0.717, 1.165) is 11.1 Å². The standard InChI is InChI=1S/C48H27NS/c1-2-14-37-35(12-1)36-13-3-4-15-38(36)43-27-31(20-23-39(37)43)30-10-9-11-34(26-30)49-45-18-7-5-16-40(45)41-24-21-33(29-46(41)49)32-22-25-48-44(28-32)42-17-6-8-19-47(42)50-48/h1-2,4-12,14-29H. The monoisotopic (exact) mass is 649 g/mol. The van der Waals surface area contributed by atoms with Crippen LogP contribution < -0.4 is 0 Å².